The number of nitrogens with one attached hydrogen (secondary N) is 1. The van der Waals surface area contributed by atoms with Gasteiger partial charge in [-0.05, 0) is 32.4 Å². The first kappa shape index (κ1) is 13.5. The quantitative estimate of drug-likeness (QED) is 0.845. The molecule has 0 fully saturated rings. The standard InChI is InChI=1S/C11H16ClNO2S/c1-8-4-5-11(9(2)6-8)16(14,15)13-10(3)7-12/h4-6,10,13H,7H2,1-3H3. The van der Waals surface area contributed by atoms with Crippen LogP contribution in [0.3, 0.4) is 0 Å². The van der Waals surface area contributed by atoms with Crippen LogP contribution in [0.15, 0.2) is 23.1 Å². The molecule has 16 heavy (non-hydrogen) atoms. The van der Waals surface area contributed by atoms with E-state index >= 15 is 0 Å². The lowest BCUT2D eigenvalue weighted by Gasteiger charge is -2.13. The first-order valence-electron chi connectivity index (χ1n) is 5.02. The summed E-state index contributed by atoms with van der Waals surface area (Å²) < 4.78 is 26.5. The summed E-state index contributed by atoms with van der Waals surface area (Å²) in [6, 6.07) is 4.98. The summed E-state index contributed by atoms with van der Waals surface area (Å²) in [4.78, 5) is 0.315. The van der Waals surface area contributed by atoms with Gasteiger partial charge in [0.1, 0.15) is 0 Å². The minimum atomic E-state index is -3.45. The fraction of sp³-hybridized carbons (Fsp3) is 0.455. The van der Waals surface area contributed by atoms with Crippen LogP contribution in [0.5, 0.6) is 0 Å². The van der Waals surface area contributed by atoms with E-state index in [2.05, 4.69) is 4.72 Å². The van der Waals surface area contributed by atoms with Crippen molar-refractivity contribution in [1.82, 2.24) is 4.72 Å². The molecule has 5 heteroatoms. The molecular formula is C11H16ClNO2S. The molecule has 0 aliphatic rings. The smallest absolute Gasteiger partial charge is 0.207 e. The summed E-state index contributed by atoms with van der Waals surface area (Å²) in [5.41, 5.74) is 1.79. The Balaban J connectivity index is 3.08. The predicted octanol–water partition coefficient (Wildman–Crippen LogP) is 2.21. The van der Waals surface area contributed by atoms with Gasteiger partial charge in [-0.15, -0.1) is 11.6 Å². The zero-order valence-corrected chi connectivity index (χ0v) is 11.2. The average molecular weight is 262 g/mol. The summed E-state index contributed by atoms with van der Waals surface area (Å²) in [5.74, 6) is 0.254. The molecule has 0 saturated carbocycles. The Bertz CT molecular complexity index is 471. The van der Waals surface area contributed by atoms with Crippen molar-refractivity contribution < 1.29 is 8.42 Å². The van der Waals surface area contributed by atoms with Gasteiger partial charge in [-0.3, -0.25) is 0 Å². The second-order valence-electron chi connectivity index (χ2n) is 3.95. The minimum Gasteiger partial charge on any atom is -0.207 e. The van der Waals surface area contributed by atoms with Gasteiger partial charge in [0.2, 0.25) is 10.0 Å². The van der Waals surface area contributed by atoms with E-state index in [0.717, 1.165) is 11.1 Å². The van der Waals surface area contributed by atoms with Crippen molar-refractivity contribution in [2.75, 3.05) is 5.88 Å². The van der Waals surface area contributed by atoms with Crippen LogP contribution in [-0.4, -0.2) is 20.3 Å². The van der Waals surface area contributed by atoms with Gasteiger partial charge in [0.15, 0.2) is 0 Å². The Labute approximate surface area is 102 Å². The van der Waals surface area contributed by atoms with Crippen LogP contribution in [0.2, 0.25) is 0 Å². The van der Waals surface area contributed by atoms with Gasteiger partial charge in [-0.25, -0.2) is 13.1 Å². The van der Waals surface area contributed by atoms with E-state index in [9.17, 15) is 8.42 Å². The van der Waals surface area contributed by atoms with Gasteiger partial charge in [-0.1, -0.05) is 17.7 Å². The van der Waals surface area contributed by atoms with Crippen molar-refractivity contribution >= 4 is 21.6 Å². The largest absolute Gasteiger partial charge is 0.241 e. The van der Waals surface area contributed by atoms with E-state index in [1.54, 1.807) is 26.0 Å². The molecule has 0 heterocycles. The number of rotatable bonds is 4. The highest BCUT2D eigenvalue weighted by Crippen LogP contribution is 2.16. The molecule has 0 aliphatic heterocycles. The zero-order valence-electron chi connectivity index (χ0n) is 9.62. The van der Waals surface area contributed by atoms with Crippen molar-refractivity contribution in [3.8, 4) is 0 Å². The number of aryl methyl sites for hydroxylation is 2. The summed E-state index contributed by atoms with van der Waals surface area (Å²) in [6.45, 7) is 5.44. The summed E-state index contributed by atoms with van der Waals surface area (Å²) in [6.07, 6.45) is 0. The van der Waals surface area contributed by atoms with E-state index in [4.69, 9.17) is 11.6 Å². The third kappa shape index (κ3) is 3.20. The van der Waals surface area contributed by atoms with E-state index in [1.165, 1.54) is 0 Å². The molecule has 3 nitrogen and oxygen atoms in total. The maximum absolute atomic E-state index is 12.0. The van der Waals surface area contributed by atoms with E-state index in [-0.39, 0.29) is 11.9 Å². The molecule has 90 valence electrons. The molecule has 0 spiro atoms. The molecule has 0 bridgehead atoms. The van der Waals surface area contributed by atoms with Gasteiger partial charge in [-0.2, -0.15) is 0 Å². The first-order valence-corrected chi connectivity index (χ1v) is 7.04. The maximum Gasteiger partial charge on any atom is 0.241 e. The fourth-order valence-electron chi connectivity index (χ4n) is 1.46. The molecule has 1 unspecified atom stereocenters. The normalized spacial score (nSPS) is 13.8. The monoisotopic (exact) mass is 261 g/mol. The van der Waals surface area contributed by atoms with E-state index < -0.39 is 10.0 Å². The number of alkyl halides is 1. The molecule has 0 aliphatic carbocycles. The number of benzene rings is 1. The third-order valence-corrected chi connectivity index (χ3v) is 4.42. The molecule has 0 radical (unpaired) electrons. The molecule has 1 N–H and O–H groups in total. The van der Waals surface area contributed by atoms with Crippen LogP contribution in [-0.2, 0) is 10.0 Å². The van der Waals surface area contributed by atoms with Crippen LogP contribution < -0.4 is 4.72 Å². The molecule has 1 aromatic rings. The van der Waals surface area contributed by atoms with Gasteiger partial charge in [0, 0.05) is 11.9 Å². The molecule has 1 aromatic carbocycles. The van der Waals surface area contributed by atoms with Crippen molar-refractivity contribution in [3.63, 3.8) is 0 Å². The summed E-state index contributed by atoms with van der Waals surface area (Å²) in [7, 11) is -3.45. The number of sulfonamides is 1. The Hall–Kier alpha value is -0.580. The lowest BCUT2D eigenvalue weighted by atomic mass is 10.2. The Morgan fingerprint density at radius 3 is 2.50 bits per heavy atom. The first-order chi connectivity index (χ1) is 7.36. The van der Waals surface area contributed by atoms with Crippen LogP contribution in [0.1, 0.15) is 18.1 Å². The Kier molecular flexibility index (Phi) is 4.35. The van der Waals surface area contributed by atoms with E-state index in [0.29, 0.717) is 4.90 Å². The number of hydrogen-bond donors (Lipinski definition) is 1. The van der Waals surface area contributed by atoms with Crippen molar-refractivity contribution in [2.45, 2.75) is 31.7 Å². The topological polar surface area (TPSA) is 46.2 Å². The van der Waals surface area contributed by atoms with Gasteiger partial charge < -0.3 is 0 Å². The highest BCUT2D eigenvalue weighted by Gasteiger charge is 2.18. The van der Waals surface area contributed by atoms with Crippen molar-refractivity contribution in [1.29, 1.82) is 0 Å². The lowest BCUT2D eigenvalue weighted by molar-refractivity contribution is 0.570. The second kappa shape index (κ2) is 5.17. The number of halogens is 1. The van der Waals surface area contributed by atoms with E-state index in [1.807, 2.05) is 13.0 Å². The maximum atomic E-state index is 12.0. The van der Waals surface area contributed by atoms with Gasteiger partial charge in [0.25, 0.3) is 0 Å². The lowest BCUT2D eigenvalue weighted by Crippen LogP contribution is -2.34. The predicted molar refractivity (Wildman–Crippen MR) is 66.4 cm³/mol. The highest BCUT2D eigenvalue weighted by atomic mass is 35.5. The second-order valence-corrected chi connectivity index (χ2v) is 5.94. The third-order valence-electron chi connectivity index (χ3n) is 2.21. The Morgan fingerprint density at radius 2 is 2.00 bits per heavy atom. The molecule has 0 amide bonds. The molecular weight excluding hydrogens is 246 g/mol. The SMILES string of the molecule is Cc1ccc(S(=O)(=O)NC(C)CCl)c(C)c1. The highest BCUT2D eigenvalue weighted by molar-refractivity contribution is 7.89. The molecule has 1 rings (SSSR count). The summed E-state index contributed by atoms with van der Waals surface area (Å²) in [5, 5.41) is 0. The van der Waals surface area contributed by atoms with Crippen LogP contribution in [0.25, 0.3) is 0 Å². The molecule has 0 saturated heterocycles. The Morgan fingerprint density at radius 1 is 1.38 bits per heavy atom. The molecule has 0 aromatic heterocycles. The van der Waals surface area contributed by atoms with Gasteiger partial charge >= 0.3 is 0 Å². The fourth-order valence-corrected chi connectivity index (χ4v) is 3.10. The van der Waals surface area contributed by atoms with Crippen molar-refractivity contribution in [2.24, 2.45) is 0 Å². The minimum absolute atomic E-state index is 0.254. The van der Waals surface area contributed by atoms with Crippen LogP contribution >= 0.6 is 11.6 Å². The average Bonchev–Trinajstić information content (AvgIpc) is 2.16. The molecule has 1 atom stereocenters. The summed E-state index contributed by atoms with van der Waals surface area (Å²) >= 11 is 5.58. The van der Waals surface area contributed by atoms with Crippen LogP contribution in [0.4, 0.5) is 0 Å². The van der Waals surface area contributed by atoms with Crippen LogP contribution in [0, 0.1) is 13.8 Å². The zero-order chi connectivity index (χ0) is 12.3. The number of hydrogen-bond acceptors (Lipinski definition) is 2. The van der Waals surface area contributed by atoms with Gasteiger partial charge in [0.05, 0.1) is 4.90 Å². The van der Waals surface area contributed by atoms with Crippen molar-refractivity contribution in [3.05, 3.63) is 29.3 Å².